The van der Waals surface area contributed by atoms with Crippen LogP contribution in [0.5, 0.6) is 0 Å². The van der Waals surface area contributed by atoms with E-state index < -0.39 is 0 Å². The summed E-state index contributed by atoms with van der Waals surface area (Å²) >= 11 is 0. The molecule has 0 N–H and O–H groups in total. The number of hydrogen-bond acceptors (Lipinski definition) is 2. The Morgan fingerprint density at radius 2 is 0.967 bits per heavy atom. The lowest BCUT2D eigenvalue weighted by atomic mass is 9.91. The SMILES string of the molecule is c1ccc(-c2ccc(N(c3ccc(-c4ccc5ccc6oc7ccccc7c6c5c4)c(-c4ccccc4)c3)c3cccc4c3c3ccccc3n4-c3ccccc3)cc2)cc1. The summed E-state index contributed by atoms with van der Waals surface area (Å²) in [6, 6.07) is 83.0. The van der Waals surface area contributed by atoms with Gasteiger partial charge >= 0.3 is 0 Å². The van der Waals surface area contributed by atoms with Crippen molar-refractivity contribution in [1.29, 1.82) is 0 Å². The van der Waals surface area contributed by atoms with Crippen LogP contribution in [0.4, 0.5) is 17.1 Å². The van der Waals surface area contributed by atoms with Crippen molar-refractivity contribution in [1.82, 2.24) is 4.57 Å². The van der Waals surface area contributed by atoms with Crippen molar-refractivity contribution in [3.05, 3.63) is 231 Å². The fourth-order valence-electron chi connectivity index (χ4n) is 9.39. The van der Waals surface area contributed by atoms with E-state index in [2.05, 4.69) is 234 Å². The highest BCUT2D eigenvalue weighted by Crippen LogP contribution is 2.47. The second-order valence-electron chi connectivity index (χ2n) is 15.7. The quantitative estimate of drug-likeness (QED) is 0.161. The van der Waals surface area contributed by atoms with E-state index >= 15 is 0 Å². The van der Waals surface area contributed by atoms with Crippen LogP contribution in [0.25, 0.3) is 93.6 Å². The van der Waals surface area contributed by atoms with Gasteiger partial charge in [0, 0.05) is 38.6 Å². The highest BCUT2D eigenvalue weighted by Gasteiger charge is 2.23. The van der Waals surface area contributed by atoms with Crippen LogP contribution in [0.15, 0.2) is 235 Å². The van der Waals surface area contributed by atoms with Gasteiger partial charge in [0.25, 0.3) is 0 Å². The summed E-state index contributed by atoms with van der Waals surface area (Å²) in [7, 11) is 0. The molecule has 0 bridgehead atoms. The highest BCUT2D eigenvalue weighted by molar-refractivity contribution is 6.20. The first-order valence-corrected chi connectivity index (χ1v) is 20.8. The molecule has 0 unspecified atom stereocenters. The first-order valence-electron chi connectivity index (χ1n) is 20.8. The summed E-state index contributed by atoms with van der Waals surface area (Å²) < 4.78 is 8.73. The molecule has 0 saturated carbocycles. The monoisotopic (exact) mass is 778 g/mol. The summed E-state index contributed by atoms with van der Waals surface area (Å²) in [6.45, 7) is 0. The molecule has 0 atom stereocenters. The van der Waals surface area contributed by atoms with Gasteiger partial charge < -0.3 is 13.9 Å². The molecule has 0 spiro atoms. The van der Waals surface area contributed by atoms with Crippen molar-refractivity contribution in [2.24, 2.45) is 0 Å². The van der Waals surface area contributed by atoms with Crippen molar-refractivity contribution in [2.75, 3.05) is 4.90 Å². The second kappa shape index (κ2) is 14.3. The van der Waals surface area contributed by atoms with Gasteiger partial charge in [-0.1, -0.05) is 158 Å². The number of aromatic nitrogens is 1. The van der Waals surface area contributed by atoms with Gasteiger partial charge in [-0.15, -0.1) is 0 Å². The van der Waals surface area contributed by atoms with E-state index in [-0.39, 0.29) is 0 Å². The molecule has 0 fully saturated rings. The molecule has 0 aliphatic carbocycles. The van der Waals surface area contributed by atoms with Crippen LogP contribution in [0.2, 0.25) is 0 Å². The number of anilines is 3. The normalized spacial score (nSPS) is 11.6. The average molecular weight is 779 g/mol. The zero-order valence-electron chi connectivity index (χ0n) is 33.2. The van der Waals surface area contributed by atoms with Crippen LogP contribution < -0.4 is 4.90 Å². The van der Waals surface area contributed by atoms with Gasteiger partial charge in [0.2, 0.25) is 0 Å². The van der Waals surface area contributed by atoms with Gasteiger partial charge in [-0.3, -0.25) is 0 Å². The highest BCUT2D eigenvalue weighted by atomic mass is 16.3. The molecular weight excluding hydrogens is 741 g/mol. The molecule has 286 valence electrons. The van der Waals surface area contributed by atoms with Crippen LogP contribution in [-0.4, -0.2) is 4.57 Å². The van der Waals surface area contributed by atoms with Crippen molar-refractivity contribution >= 4 is 71.6 Å². The lowest BCUT2D eigenvalue weighted by molar-refractivity contribution is 0.669. The topological polar surface area (TPSA) is 21.3 Å². The average Bonchev–Trinajstić information content (AvgIpc) is 3.89. The zero-order chi connectivity index (χ0) is 40.3. The molecule has 12 aromatic rings. The molecule has 0 saturated heterocycles. The predicted octanol–water partition coefficient (Wildman–Crippen LogP) is 16.3. The Bertz CT molecular complexity index is 3570. The number of hydrogen-bond donors (Lipinski definition) is 0. The second-order valence-corrected chi connectivity index (χ2v) is 15.7. The smallest absolute Gasteiger partial charge is 0.136 e. The molecule has 0 aliphatic rings. The van der Waals surface area contributed by atoms with Crippen molar-refractivity contribution in [3.8, 4) is 39.1 Å². The van der Waals surface area contributed by atoms with Crippen LogP contribution in [0.3, 0.4) is 0 Å². The third-order valence-corrected chi connectivity index (χ3v) is 12.2. The van der Waals surface area contributed by atoms with Crippen LogP contribution in [0, 0.1) is 0 Å². The molecule has 61 heavy (non-hydrogen) atoms. The van der Waals surface area contributed by atoms with Gasteiger partial charge in [-0.05, 0) is 117 Å². The number of para-hydroxylation sites is 3. The number of furan rings is 1. The molecule has 3 nitrogen and oxygen atoms in total. The standard InChI is InChI=1S/C58H38N2O/c1-4-15-39(16-5-1)40-29-32-45(33-30-40)59(53-24-14-25-54-58(53)48-21-10-12-23-52(48)60(54)44-19-8-3-9-20-44)46-34-35-47(50(38-46)41-17-6-2-7-18-41)43-28-27-42-31-36-56-57(51(42)37-43)49-22-11-13-26-55(49)61-56/h1-38H. The van der Waals surface area contributed by atoms with Crippen molar-refractivity contribution in [3.63, 3.8) is 0 Å². The molecule has 2 heterocycles. The summed E-state index contributed by atoms with van der Waals surface area (Å²) in [5, 5.41) is 7.07. The van der Waals surface area contributed by atoms with E-state index in [0.717, 1.165) is 66.9 Å². The van der Waals surface area contributed by atoms with Gasteiger partial charge in [0.15, 0.2) is 0 Å². The van der Waals surface area contributed by atoms with Crippen LogP contribution in [-0.2, 0) is 0 Å². The van der Waals surface area contributed by atoms with Crippen molar-refractivity contribution < 1.29 is 4.42 Å². The Labute approximate surface area is 353 Å². The minimum Gasteiger partial charge on any atom is -0.456 e. The van der Waals surface area contributed by atoms with Gasteiger partial charge in [-0.2, -0.15) is 0 Å². The lowest BCUT2D eigenvalue weighted by Gasteiger charge is -2.28. The molecule has 12 rings (SSSR count). The summed E-state index contributed by atoms with van der Waals surface area (Å²) in [5.74, 6) is 0. The fourth-order valence-corrected chi connectivity index (χ4v) is 9.39. The minimum atomic E-state index is 0.904. The molecule has 0 aliphatic heterocycles. The number of nitrogens with zero attached hydrogens (tertiary/aromatic N) is 2. The maximum Gasteiger partial charge on any atom is 0.136 e. The first-order chi connectivity index (χ1) is 30.3. The Hall–Kier alpha value is -8.14. The Balaban J connectivity index is 1.10. The van der Waals surface area contributed by atoms with Gasteiger partial charge in [-0.25, -0.2) is 0 Å². The third-order valence-electron chi connectivity index (χ3n) is 12.2. The van der Waals surface area contributed by atoms with Gasteiger partial charge in [0.1, 0.15) is 11.2 Å². The van der Waals surface area contributed by atoms with E-state index in [4.69, 9.17) is 4.42 Å². The number of rotatable bonds is 7. The van der Waals surface area contributed by atoms with E-state index in [1.54, 1.807) is 0 Å². The Morgan fingerprint density at radius 3 is 1.77 bits per heavy atom. The van der Waals surface area contributed by atoms with Crippen LogP contribution in [0.1, 0.15) is 0 Å². The fraction of sp³-hybridized carbons (Fsp3) is 0. The van der Waals surface area contributed by atoms with E-state index in [1.807, 2.05) is 6.07 Å². The third kappa shape index (κ3) is 5.82. The van der Waals surface area contributed by atoms with Crippen molar-refractivity contribution in [2.45, 2.75) is 0 Å². The van der Waals surface area contributed by atoms with E-state index in [0.29, 0.717) is 0 Å². The van der Waals surface area contributed by atoms with E-state index in [9.17, 15) is 0 Å². The number of fused-ring (bicyclic) bond motifs is 8. The maximum absolute atomic E-state index is 6.33. The Morgan fingerprint density at radius 1 is 0.344 bits per heavy atom. The molecule has 2 aromatic heterocycles. The predicted molar refractivity (Wildman–Crippen MR) is 257 cm³/mol. The molecule has 0 amide bonds. The maximum atomic E-state index is 6.33. The van der Waals surface area contributed by atoms with Gasteiger partial charge in [0.05, 0.1) is 16.7 Å². The van der Waals surface area contributed by atoms with E-state index in [1.165, 1.54) is 43.8 Å². The lowest BCUT2D eigenvalue weighted by Crippen LogP contribution is -2.11. The summed E-state index contributed by atoms with van der Waals surface area (Å²) in [5.41, 5.74) is 15.6. The van der Waals surface area contributed by atoms with Crippen LogP contribution >= 0.6 is 0 Å². The molecule has 0 radical (unpaired) electrons. The minimum absolute atomic E-state index is 0.904. The summed E-state index contributed by atoms with van der Waals surface area (Å²) in [6.07, 6.45) is 0. The number of benzene rings is 10. The zero-order valence-corrected chi connectivity index (χ0v) is 33.2. The molecule has 10 aromatic carbocycles. The molecule has 3 heteroatoms. The largest absolute Gasteiger partial charge is 0.456 e. The Kier molecular flexibility index (Phi) is 8.17. The summed E-state index contributed by atoms with van der Waals surface area (Å²) in [4.78, 5) is 2.44. The first kappa shape index (κ1) is 34.9. The molecular formula is C58H38N2O.